The fourth-order valence-electron chi connectivity index (χ4n) is 3.93. The Labute approximate surface area is 169 Å². The number of benzene rings is 1. The van der Waals surface area contributed by atoms with Crippen LogP contribution in [0.15, 0.2) is 18.2 Å². The average Bonchev–Trinajstić information content (AvgIpc) is 2.97. The zero-order chi connectivity index (χ0) is 21.4. The summed E-state index contributed by atoms with van der Waals surface area (Å²) >= 11 is 0. The smallest absolute Gasteiger partial charge is 0.362 e. The molecule has 0 bridgehead atoms. The first-order valence-corrected chi connectivity index (χ1v) is 11.1. The van der Waals surface area contributed by atoms with Crippen molar-refractivity contribution in [3.63, 3.8) is 0 Å². The summed E-state index contributed by atoms with van der Waals surface area (Å²) in [6, 6.07) is 2.99. The largest absolute Gasteiger partial charge is 0.377 e. The predicted octanol–water partition coefficient (Wildman–Crippen LogP) is 3.70. The van der Waals surface area contributed by atoms with E-state index < -0.39 is 17.9 Å². The van der Waals surface area contributed by atoms with Crippen molar-refractivity contribution in [3.05, 3.63) is 45.0 Å². The van der Waals surface area contributed by atoms with Crippen molar-refractivity contribution in [1.29, 1.82) is 0 Å². The van der Waals surface area contributed by atoms with Crippen LogP contribution >= 0.6 is 7.60 Å². The number of amides is 1. The average molecular weight is 424 g/mol. The standard InChI is InChI=1S/C19H25N2O7P/c1-4-27-29(26,28-5-2)19(23)10-8-13(9-11-19)14-6-7-16(21(24)25)17-15(14)12-20(3)18(17)22/h6-8,23H,4-5,9-12H2,1-3H3. The number of carbonyl (C=O) groups is 1. The van der Waals surface area contributed by atoms with Gasteiger partial charge >= 0.3 is 7.60 Å². The minimum absolute atomic E-state index is 0.0646. The highest BCUT2D eigenvalue weighted by molar-refractivity contribution is 7.55. The van der Waals surface area contributed by atoms with Crippen LogP contribution in [-0.2, 0) is 20.2 Å². The normalized spacial score (nSPS) is 21.9. The highest BCUT2D eigenvalue weighted by atomic mass is 31.2. The van der Waals surface area contributed by atoms with Gasteiger partial charge in [0.15, 0.2) is 5.34 Å². The van der Waals surface area contributed by atoms with Gasteiger partial charge in [0.1, 0.15) is 5.56 Å². The van der Waals surface area contributed by atoms with Crippen molar-refractivity contribution in [3.8, 4) is 0 Å². The van der Waals surface area contributed by atoms with Crippen LogP contribution in [0.2, 0.25) is 0 Å². The van der Waals surface area contributed by atoms with E-state index in [1.54, 1.807) is 33.0 Å². The summed E-state index contributed by atoms with van der Waals surface area (Å²) in [7, 11) is -2.12. The van der Waals surface area contributed by atoms with E-state index in [4.69, 9.17) is 9.05 Å². The Morgan fingerprint density at radius 3 is 2.48 bits per heavy atom. The molecule has 0 saturated heterocycles. The van der Waals surface area contributed by atoms with Gasteiger partial charge in [0, 0.05) is 26.1 Å². The van der Waals surface area contributed by atoms with Crippen molar-refractivity contribution in [2.45, 2.75) is 45.0 Å². The topological polar surface area (TPSA) is 119 Å². The summed E-state index contributed by atoms with van der Waals surface area (Å²) < 4.78 is 23.7. The lowest BCUT2D eigenvalue weighted by molar-refractivity contribution is -0.385. The molecule has 2 aliphatic rings. The molecule has 0 aromatic heterocycles. The van der Waals surface area contributed by atoms with Gasteiger partial charge in [0.2, 0.25) is 0 Å². The van der Waals surface area contributed by atoms with Crippen molar-refractivity contribution in [2.75, 3.05) is 20.3 Å². The Morgan fingerprint density at radius 2 is 1.97 bits per heavy atom. The third-order valence-electron chi connectivity index (χ3n) is 5.37. The lowest BCUT2D eigenvalue weighted by atomic mass is 9.87. The Balaban J connectivity index is 1.98. The summed E-state index contributed by atoms with van der Waals surface area (Å²) in [5.41, 5.74) is 2.12. The Hall–Kier alpha value is -2.06. The van der Waals surface area contributed by atoms with E-state index in [-0.39, 0.29) is 49.8 Å². The first-order valence-electron chi connectivity index (χ1n) is 9.54. The van der Waals surface area contributed by atoms with Crippen molar-refractivity contribution in [1.82, 2.24) is 4.90 Å². The molecule has 29 heavy (non-hydrogen) atoms. The fourth-order valence-corrected chi connectivity index (χ4v) is 5.86. The molecule has 9 nitrogen and oxygen atoms in total. The molecule has 1 N–H and O–H groups in total. The van der Waals surface area contributed by atoms with E-state index >= 15 is 0 Å². The molecule has 1 amide bonds. The minimum atomic E-state index is -3.72. The minimum Gasteiger partial charge on any atom is -0.377 e. The van der Waals surface area contributed by atoms with Crippen LogP contribution in [-0.4, -0.2) is 46.4 Å². The molecule has 1 aromatic rings. The molecule has 10 heteroatoms. The number of nitro benzene ring substituents is 1. The first-order chi connectivity index (χ1) is 13.7. The van der Waals surface area contributed by atoms with Crippen molar-refractivity contribution in [2.24, 2.45) is 0 Å². The van der Waals surface area contributed by atoms with Gasteiger partial charge in [-0.2, -0.15) is 0 Å². The van der Waals surface area contributed by atoms with Gasteiger partial charge in [0.05, 0.1) is 18.1 Å². The zero-order valence-corrected chi connectivity index (χ0v) is 17.6. The molecule has 1 aliphatic heterocycles. The first kappa shape index (κ1) is 21.6. The Morgan fingerprint density at radius 1 is 1.31 bits per heavy atom. The summed E-state index contributed by atoms with van der Waals surface area (Å²) in [4.78, 5) is 24.7. The Kier molecular flexibility index (Phi) is 5.96. The van der Waals surface area contributed by atoms with E-state index in [2.05, 4.69) is 0 Å². The van der Waals surface area contributed by atoms with Gasteiger partial charge in [-0.25, -0.2) is 0 Å². The van der Waals surface area contributed by atoms with Crippen LogP contribution in [0.3, 0.4) is 0 Å². The third kappa shape index (κ3) is 3.64. The molecule has 1 aromatic carbocycles. The third-order valence-corrected chi connectivity index (χ3v) is 7.99. The van der Waals surface area contributed by atoms with Gasteiger partial charge in [-0.05, 0) is 49.5 Å². The van der Waals surface area contributed by atoms with Gasteiger partial charge in [-0.15, -0.1) is 0 Å². The molecule has 3 rings (SSSR count). The number of fused-ring (bicyclic) bond motifs is 1. The van der Waals surface area contributed by atoms with Crippen LogP contribution in [0.4, 0.5) is 5.69 Å². The second kappa shape index (κ2) is 7.99. The quantitative estimate of drug-likeness (QED) is 0.403. The molecule has 1 heterocycles. The molecular weight excluding hydrogens is 399 g/mol. The Bertz CT molecular complexity index is 919. The second-order valence-corrected chi connectivity index (χ2v) is 9.50. The SMILES string of the molecule is CCOP(=O)(OCC)C1(O)CC=C(c2ccc([N+](=O)[O-])c3c2CN(C)C3=O)CC1. The molecule has 0 saturated carbocycles. The number of nitro groups is 1. The van der Waals surface area contributed by atoms with Crippen LogP contribution in [0.1, 0.15) is 54.6 Å². The lowest BCUT2D eigenvalue weighted by Gasteiger charge is -2.36. The van der Waals surface area contributed by atoms with Gasteiger partial charge < -0.3 is 19.1 Å². The number of hydrogen-bond donors (Lipinski definition) is 1. The van der Waals surface area contributed by atoms with Crippen LogP contribution in [0.5, 0.6) is 0 Å². The van der Waals surface area contributed by atoms with E-state index in [1.807, 2.05) is 0 Å². The van der Waals surface area contributed by atoms with Gasteiger partial charge in [-0.1, -0.05) is 6.08 Å². The molecule has 1 unspecified atom stereocenters. The fraction of sp³-hybridized carbons (Fsp3) is 0.526. The van der Waals surface area contributed by atoms with E-state index in [0.717, 1.165) is 11.1 Å². The van der Waals surface area contributed by atoms with Crippen molar-refractivity contribution >= 4 is 24.8 Å². The number of allylic oxidation sites excluding steroid dienone is 1. The monoisotopic (exact) mass is 424 g/mol. The number of aliphatic hydroxyl groups is 1. The molecule has 1 atom stereocenters. The summed E-state index contributed by atoms with van der Waals surface area (Å²) in [5, 5.41) is 20.7. The number of hydrogen-bond acceptors (Lipinski definition) is 7. The maximum atomic E-state index is 13.1. The lowest BCUT2D eigenvalue weighted by Crippen LogP contribution is -2.32. The van der Waals surface area contributed by atoms with E-state index in [1.165, 1.54) is 11.0 Å². The zero-order valence-electron chi connectivity index (χ0n) is 16.7. The van der Waals surface area contributed by atoms with Crippen molar-refractivity contribution < 1.29 is 28.4 Å². The molecule has 1 aliphatic carbocycles. The van der Waals surface area contributed by atoms with Crippen LogP contribution < -0.4 is 0 Å². The highest BCUT2D eigenvalue weighted by Gasteiger charge is 2.50. The summed E-state index contributed by atoms with van der Waals surface area (Å²) in [6.07, 6.45) is 2.36. The number of carbonyl (C=O) groups excluding carboxylic acids is 1. The number of nitrogens with zero attached hydrogens (tertiary/aromatic N) is 2. The van der Waals surface area contributed by atoms with Crippen LogP contribution in [0.25, 0.3) is 5.57 Å². The summed E-state index contributed by atoms with van der Waals surface area (Å²) in [6.45, 7) is 3.96. The maximum Gasteiger partial charge on any atom is 0.362 e. The van der Waals surface area contributed by atoms with Gasteiger partial charge in [-0.3, -0.25) is 19.5 Å². The molecule has 0 spiro atoms. The van der Waals surface area contributed by atoms with Crippen LogP contribution in [0, 0.1) is 10.1 Å². The molecular formula is C19H25N2O7P. The second-order valence-electron chi connectivity index (χ2n) is 7.15. The maximum absolute atomic E-state index is 13.1. The van der Waals surface area contributed by atoms with Gasteiger partial charge in [0.25, 0.3) is 11.6 Å². The predicted molar refractivity (Wildman–Crippen MR) is 107 cm³/mol. The highest BCUT2D eigenvalue weighted by Crippen LogP contribution is 2.63. The van der Waals surface area contributed by atoms with E-state index in [9.17, 15) is 24.6 Å². The molecule has 0 radical (unpaired) electrons. The molecule has 158 valence electrons. The molecule has 0 fully saturated rings. The van der Waals surface area contributed by atoms with E-state index in [0.29, 0.717) is 12.0 Å². The number of rotatable bonds is 7. The summed E-state index contributed by atoms with van der Waals surface area (Å²) in [5.74, 6) is -0.376.